The predicted octanol–water partition coefficient (Wildman–Crippen LogP) is 3.55. The zero-order chi connectivity index (χ0) is 14.0. The van der Waals surface area contributed by atoms with Gasteiger partial charge in [0.25, 0.3) is 0 Å². The Morgan fingerprint density at radius 1 is 0.737 bits per heavy atom. The smallest absolute Gasteiger partial charge is 0.131 e. The lowest BCUT2D eigenvalue weighted by molar-refractivity contribution is 0.485. The Bertz CT molecular complexity index is 506. The molecule has 0 radical (unpaired) electrons. The van der Waals surface area contributed by atoms with E-state index in [1.165, 1.54) is 19.2 Å². The number of hydrogen-bond acceptors (Lipinski definition) is 1. The fraction of sp³-hybridized carbons (Fsp3) is 0.143. The van der Waals surface area contributed by atoms with E-state index in [-0.39, 0.29) is 0 Å². The van der Waals surface area contributed by atoms with Crippen LogP contribution in [0.15, 0.2) is 36.4 Å². The molecule has 0 saturated carbocycles. The maximum absolute atomic E-state index is 13.7. The van der Waals surface area contributed by atoms with Gasteiger partial charge in [0.05, 0.1) is 6.04 Å². The second kappa shape index (κ2) is 5.40. The van der Waals surface area contributed by atoms with Crippen molar-refractivity contribution in [1.82, 2.24) is 5.32 Å². The Balaban J connectivity index is 2.64. The average molecular weight is 269 g/mol. The van der Waals surface area contributed by atoms with Gasteiger partial charge < -0.3 is 5.32 Å². The first-order valence-electron chi connectivity index (χ1n) is 5.61. The lowest BCUT2D eigenvalue weighted by Gasteiger charge is -2.19. The number of benzene rings is 2. The molecule has 0 heterocycles. The molecule has 5 heteroatoms. The third-order valence-electron chi connectivity index (χ3n) is 2.87. The highest BCUT2D eigenvalue weighted by molar-refractivity contribution is 5.35. The lowest BCUT2D eigenvalue weighted by atomic mass is 9.97. The zero-order valence-corrected chi connectivity index (χ0v) is 10.1. The zero-order valence-electron chi connectivity index (χ0n) is 10.1. The Hall–Kier alpha value is -1.88. The number of nitrogens with one attached hydrogen (secondary N) is 1. The van der Waals surface area contributed by atoms with Crippen molar-refractivity contribution in [2.75, 3.05) is 7.05 Å². The highest BCUT2D eigenvalue weighted by atomic mass is 19.1. The highest BCUT2D eigenvalue weighted by Crippen LogP contribution is 2.30. The van der Waals surface area contributed by atoms with Crippen molar-refractivity contribution in [2.45, 2.75) is 6.04 Å². The van der Waals surface area contributed by atoms with Gasteiger partial charge in [-0.05, 0) is 31.3 Å². The summed E-state index contributed by atoms with van der Waals surface area (Å²) in [5.41, 5.74) is -0.817. The predicted molar refractivity (Wildman–Crippen MR) is 63.6 cm³/mol. The van der Waals surface area contributed by atoms with Crippen LogP contribution in [-0.4, -0.2) is 7.05 Å². The SMILES string of the molecule is CNC(c1c(F)cccc1F)c1c(F)cccc1F. The maximum Gasteiger partial charge on any atom is 0.131 e. The second-order valence-electron chi connectivity index (χ2n) is 3.99. The summed E-state index contributed by atoms with van der Waals surface area (Å²) in [5.74, 6) is -3.44. The molecule has 19 heavy (non-hydrogen) atoms. The Labute approximate surface area is 107 Å². The summed E-state index contributed by atoms with van der Waals surface area (Å²) in [6.07, 6.45) is 0. The molecular weight excluding hydrogens is 258 g/mol. The van der Waals surface area contributed by atoms with Crippen molar-refractivity contribution in [3.05, 3.63) is 70.8 Å². The molecule has 0 fully saturated rings. The van der Waals surface area contributed by atoms with Gasteiger partial charge in [-0.2, -0.15) is 0 Å². The molecule has 1 N–H and O–H groups in total. The number of rotatable bonds is 3. The van der Waals surface area contributed by atoms with Crippen molar-refractivity contribution >= 4 is 0 Å². The van der Waals surface area contributed by atoms with Crippen LogP contribution < -0.4 is 5.32 Å². The van der Waals surface area contributed by atoms with Gasteiger partial charge in [0.15, 0.2) is 0 Å². The van der Waals surface area contributed by atoms with Gasteiger partial charge in [0.1, 0.15) is 23.3 Å². The van der Waals surface area contributed by atoms with Gasteiger partial charge in [-0.15, -0.1) is 0 Å². The summed E-state index contributed by atoms with van der Waals surface area (Å²) in [7, 11) is 1.38. The van der Waals surface area contributed by atoms with Crippen LogP contribution in [0.5, 0.6) is 0 Å². The molecule has 0 aliphatic carbocycles. The van der Waals surface area contributed by atoms with Crippen LogP contribution in [0.1, 0.15) is 17.2 Å². The summed E-state index contributed by atoms with van der Waals surface area (Å²) >= 11 is 0. The molecule has 0 bridgehead atoms. The van der Waals surface area contributed by atoms with E-state index in [2.05, 4.69) is 5.32 Å². The van der Waals surface area contributed by atoms with Crippen LogP contribution in [0.25, 0.3) is 0 Å². The molecular formula is C14H11F4N. The third-order valence-corrected chi connectivity index (χ3v) is 2.87. The van der Waals surface area contributed by atoms with Gasteiger partial charge in [0, 0.05) is 11.1 Å². The molecule has 0 aliphatic heterocycles. The molecule has 0 aliphatic rings. The Morgan fingerprint density at radius 3 is 1.32 bits per heavy atom. The normalized spacial score (nSPS) is 11.1. The molecule has 0 aromatic heterocycles. The van der Waals surface area contributed by atoms with Crippen molar-refractivity contribution in [3.63, 3.8) is 0 Å². The second-order valence-corrected chi connectivity index (χ2v) is 3.99. The fourth-order valence-electron chi connectivity index (χ4n) is 2.01. The van der Waals surface area contributed by atoms with Crippen LogP contribution in [-0.2, 0) is 0 Å². The van der Waals surface area contributed by atoms with Crippen LogP contribution in [0, 0.1) is 23.3 Å². The third kappa shape index (κ3) is 2.46. The van der Waals surface area contributed by atoms with E-state index < -0.39 is 40.4 Å². The van der Waals surface area contributed by atoms with Gasteiger partial charge in [-0.25, -0.2) is 17.6 Å². The molecule has 100 valence electrons. The molecule has 0 saturated heterocycles. The van der Waals surface area contributed by atoms with E-state index in [9.17, 15) is 17.6 Å². The summed E-state index contributed by atoms with van der Waals surface area (Å²) in [6.45, 7) is 0. The van der Waals surface area contributed by atoms with E-state index in [1.54, 1.807) is 0 Å². The highest BCUT2D eigenvalue weighted by Gasteiger charge is 2.25. The molecule has 2 aromatic carbocycles. The van der Waals surface area contributed by atoms with E-state index >= 15 is 0 Å². The largest absolute Gasteiger partial charge is 0.309 e. The standard InChI is InChI=1S/C14H11F4N/c1-19-14(12-8(15)4-2-5-9(12)16)13-10(17)6-3-7-11(13)18/h2-7,14,19H,1H3. The summed E-state index contributed by atoms with van der Waals surface area (Å²) in [5, 5.41) is 2.54. The minimum Gasteiger partial charge on any atom is -0.309 e. The van der Waals surface area contributed by atoms with Crippen LogP contribution in [0.4, 0.5) is 17.6 Å². The van der Waals surface area contributed by atoms with Gasteiger partial charge in [0.2, 0.25) is 0 Å². The molecule has 0 atom stereocenters. The van der Waals surface area contributed by atoms with Crippen LogP contribution >= 0.6 is 0 Å². The quantitative estimate of drug-likeness (QED) is 0.840. The maximum atomic E-state index is 13.7. The van der Waals surface area contributed by atoms with Gasteiger partial charge in [-0.3, -0.25) is 0 Å². The minimum atomic E-state index is -1.23. The summed E-state index contributed by atoms with van der Waals surface area (Å²) < 4.78 is 54.8. The van der Waals surface area contributed by atoms with E-state index in [1.807, 2.05) is 0 Å². The van der Waals surface area contributed by atoms with Crippen molar-refractivity contribution in [2.24, 2.45) is 0 Å². The van der Waals surface area contributed by atoms with Crippen molar-refractivity contribution < 1.29 is 17.6 Å². The number of halogens is 4. The molecule has 0 spiro atoms. The number of hydrogen-bond donors (Lipinski definition) is 1. The molecule has 0 unspecified atom stereocenters. The van der Waals surface area contributed by atoms with E-state index in [0.717, 1.165) is 24.3 Å². The van der Waals surface area contributed by atoms with Crippen molar-refractivity contribution in [3.8, 4) is 0 Å². The Morgan fingerprint density at radius 2 is 1.05 bits per heavy atom. The molecule has 2 aromatic rings. The first kappa shape index (κ1) is 13.5. The van der Waals surface area contributed by atoms with E-state index in [4.69, 9.17) is 0 Å². The molecule has 2 rings (SSSR count). The molecule has 1 nitrogen and oxygen atoms in total. The average Bonchev–Trinajstić information content (AvgIpc) is 2.36. The van der Waals surface area contributed by atoms with Crippen LogP contribution in [0.3, 0.4) is 0 Å². The first-order chi connectivity index (χ1) is 9.06. The topological polar surface area (TPSA) is 12.0 Å². The van der Waals surface area contributed by atoms with Crippen molar-refractivity contribution in [1.29, 1.82) is 0 Å². The minimum absolute atomic E-state index is 0.408. The monoisotopic (exact) mass is 269 g/mol. The van der Waals surface area contributed by atoms with Crippen LogP contribution in [0.2, 0.25) is 0 Å². The fourth-order valence-corrected chi connectivity index (χ4v) is 2.01. The Kier molecular flexibility index (Phi) is 3.85. The summed E-state index contributed by atoms with van der Waals surface area (Å²) in [6, 6.07) is 5.32. The van der Waals surface area contributed by atoms with Gasteiger partial charge >= 0.3 is 0 Å². The van der Waals surface area contributed by atoms with Gasteiger partial charge in [-0.1, -0.05) is 12.1 Å². The summed E-state index contributed by atoms with van der Waals surface area (Å²) in [4.78, 5) is 0. The lowest BCUT2D eigenvalue weighted by Crippen LogP contribution is -2.22. The van der Waals surface area contributed by atoms with E-state index in [0.29, 0.717) is 0 Å². The first-order valence-corrected chi connectivity index (χ1v) is 5.61. The molecule has 0 amide bonds.